The average Bonchev–Trinajstić information content (AvgIpc) is 2.34. The maximum Gasteiger partial charge on any atom is 0.346 e. The van der Waals surface area contributed by atoms with E-state index in [1.807, 2.05) is 0 Å². The lowest BCUT2D eigenvalue weighted by Crippen LogP contribution is -2.34. The number of hydrogen-bond acceptors (Lipinski definition) is 5. The number of ether oxygens (including phenoxy) is 3. The number of carboxylic acid groups (broad SMARTS) is 1. The Hall–Kier alpha value is -1.95. The van der Waals surface area contributed by atoms with E-state index in [1.165, 1.54) is 14.2 Å². The summed E-state index contributed by atoms with van der Waals surface area (Å²) in [4.78, 5) is 10.8. The first-order valence-electron chi connectivity index (χ1n) is 4.94. The lowest BCUT2D eigenvalue weighted by Gasteiger charge is -2.17. The van der Waals surface area contributed by atoms with Crippen molar-refractivity contribution in [3.8, 4) is 17.2 Å². The molecular formula is C11H15NO5. The summed E-state index contributed by atoms with van der Waals surface area (Å²) in [7, 11) is 2.93. The molecule has 0 heterocycles. The van der Waals surface area contributed by atoms with Crippen LogP contribution in [0.2, 0.25) is 0 Å². The third kappa shape index (κ3) is 3.01. The molecule has 1 atom stereocenters. The monoisotopic (exact) mass is 241 g/mol. The molecule has 0 bridgehead atoms. The van der Waals surface area contributed by atoms with Crippen LogP contribution in [0.4, 0.5) is 0 Å². The van der Waals surface area contributed by atoms with E-state index >= 15 is 0 Å². The van der Waals surface area contributed by atoms with Crippen LogP contribution in [-0.4, -0.2) is 37.9 Å². The molecule has 6 heteroatoms. The van der Waals surface area contributed by atoms with Gasteiger partial charge in [-0.25, -0.2) is 4.79 Å². The van der Waals surface area contributed by atoms with Gasteiger partial charge in [-0.1, -0.05) is 6.07 Å². The molecule has 0 fully saturated rings. The number of para-hydroxylation sites is 1. The van der Waals surface area contributed by atoms with Crippen molar-refractivity contribution in [2.75, 3.05) is 20.8 Å². The molecule has 1 aromatic carbocycles. The van der Waals surface area contributed by atoms with Crippen molar-refractivity contribution in [2.24, 2.45) is 5.73 Å². The first-order chi connectivity index (χ1) is 8.13. The van der Waals surface area contributed by atoms with Crippen molar-refractivity contribution in [1.82, 2.24) is 0 Å². The van der Waals surface area contributed by atoms with Crippen molar-refractivity contribution >= 4 is 5.97 Å². The molecule has 0 spiro atoms. The van der Waals surface area contributed by atoms with E-state index in [2.05, 4.69) is 0 Å². The van der Waals surface area contributed by atoms with Crippen LogP contribution in [0.5, 0.6) is 17.2 Å². The molecule has 0 aliphatic carbocycles. The summed E-state index contributed by atoms with van der Waals surface area (Å²) in [5, 5.41) is 8.85. The Morgan fingerprint density at radius 2 is 2.00 bits per heavy atom. The SMILES string of the molecule is COc1cccc(OC(CN)C(=O)O)c1OC. The number of rotatable bonds is 6. The minimum absolute atomic E-state index is 0.129. The second-order valence-corrected chi connectivity index (χ2v) is 3.17. The lowest BCUT2D eigenvalue weighted by molar-refractivity contribution is -0.144. The molecular weight excluding hydrogens is 226 g/mol. The van der Waals surface area contributed by atoms with Crippen LogP contribution >= 0.6 is 0 Å². The fraction of sp³-hybridized carbons (Fsp3) is 0.364. The third-order valence-corrected chi connectivity index (χ3v) is 2.13. The van der Waals surface area contributed by atoms with Crippen LogP contribution < -0.4 is 19.9 Å². The number of carboxylic acids is 1. The largest absolute Gasteiger partial charge is 0.493 e. The molecule has 0 aromatic heterocycles. The van der Waals surface area contributed by atoms with Crippen LogP contribution in [0, 0.1) is 0 Å². The van der Waals surface area contributed by atoms with Gasteiger partial charge in [-0.2, -0.15) is 0 Å². The normalized spacial score (nSPS) is 11.7. The highest BCUT2D eigenvalue weighted by Gasteiger charge is 2.20. The van der Waals surface area contributed by atoms with Gasteiger partial charge in [0.1, 0.15) is 0 Å². The molecule has 0 saturated carbocycles. The number of methoxy groups -OCH3 is 2. The Bertz CT molecular complexity index is 393. The van der Waals surface area contributed by atoms with Gasteiger partial charge in [0.15, 0.2) is 11.5 Å². The van der Waals surface area contributed by atoms with Gasteiger partial charge in [-0.15, -0.1) is 0 Å². The number of aliphatic carboxylic acids is 1. The zero-order chi connectivity index (χ0) is 12.8. The van der Waals surface area contributed by atoms with Crippen molar-refractivity contribution in [3.63, 3.8) is 0 Å². The lowest BCUT2D eigenvalue weighted by atomic mass is 10.3. The Balaban J connectivity index is 3.01. The molecule has 0 amide bonds. The minimum Gasteiger partial charge on any atom is -0.493 e. The summed E-state index contributed by atoms with van der Waals surface area (Å²) in [6, 6.07) is 4.95. The maximum atomic E-state index is 10.8. The topological polar surface area (TPSA) is 91.0 Å². The average molecular weight is 241 g/mol. The Labute approximate surface area is 98.9 Å². The second kappa shape index (κ2) is 5.95. The summed E-state index contributed by atoms with van der Waals surface area (Å²) in [6.45, 7) is -0.129. The van der Waals surface area contributed by atoms with Crippen molar-refractivity contribution in [1.29, 1.82) is 0 Å². The van der Waals surface area contributed by atoms with E-state index in [-0.39, 0.29) is 12.3 Å². The number of carbonyl (C=O) groups is 1. The highest BCUT2D eigenvalue weighted by atomic mass is 16.5. The first-order valence-corrected chi connectivity index (χ1v) is 4.94. The number of nitrogens with two attached hydrogens (primary N) is 1. The van der Waals surface area contributed by atoms with E-state index in [0.29, 0.717) is 11.5 Å². The maximum absolute atomic E-state index is 10.8. The Morgan fingerprint density at radius 3 is 2.47 bits per heavy atom. The van der Waals surface area contributed by atoms with Gasteiger partial charge in [0.25, 0.3) is 0 Å². The van der Waals surface area contributed by atoms with Gasteiger partial charge in [0.2, 0.25) is 11.9 Å². The summed E-state index contributed by atoms with van der Waals surface area (Å²) < 4.78 is 15.4. The van der Waals surface area contributed by atoms with Crippen LogP contribution in [0.15, 0.2) is 18.2 Å². The van der Waals surface area contributed by atoms with E-state index in [4.69, 9.17) is 25.1 Å². The molecule has 0 radical (unpaired) electrons. The summed E-state index contributed by atoms with van der Waals surface area (Å²) in [5.74, 6) is -0.0390. The smallest absolute Gasteiger partial charge is 0.346 e. The van der Waals surface area contributed by atoms with Gasteiger partial charge in [-0.3, -0.25) is 0 Å². The van der Waals surface area contributed by atoms with E-state index in [1.54, 1.807) is 18.2 Å². The molecule has 0 aliphatic heterocycles. The predicted octanol–water partition coefficient (Wildman–Crippen LogP) is 0.494. The predicted molar refractivity (Wildman–Crippen MR) is 60.7 cm³/mol. The molecule has 0 aliphatic rings. The van der Waals surface area contributed by atoms with Gasteiger partial charge in [-0.05, 0) is 12.1 Å². The number of benzene rings is 1. The minimum atomic E-state index is -1.13. The highest BCUT2D eigenvalue weighted by molar-refractivity contribution is 5.73. The second-order valence-electron chi connectivity index (χ2n) is 3.17. The molecule has 1 unspecified atom stereocenters. The molecule has 1 rings (SSSR count). The van der Waals surface area contributed by atoms with E-state index in [0.717, 1.165) is 0 Å². The third-order valence-electron chi connectivity index (χ3n) is 2.13. The van der Waals surface area contributed by atoms with Gasteiger partial charge in [0, 0.05) is 6.54 Å². The van der Waals surface area contributed by atoms with Gasteiger partial charge < -0.3 is 25.1 Å². The van der Waals surface area contributed by atoms with Crippen LogP contribution in [0.25, 0.3) is 0 Å². The van der Waals surface area contributed by atoms with Crippen LogP contribution in [0.1, 0.15) is 0 Å². The molecule has 0 saturated heterocycles. The highest BCUT2D eigenvalue weighted by Crippen LogP contribution is 2.36. The van der Waals surface area contributed by atoms with Crippen LogP contribution in [0.3, 0.4) is 0 Å². The molecule has 17 heavy (non-hydrogen) atoms. The van der Waals surface area contributed by atoms with Crippen molar-refractivity contribution < 1.29 is 24.1 Å². The fourth-order valence-corrected chi connectivity index (χ4v) is 1.30. The standard InChI is InChI=1S/C11H15NO5/c1-15-7-4-3-5-8(10(7)16-2)17-9(6-12)11(13)14/h3-5,9H,6,12H2,1-2H3,(H,13,14). The fourth-order valence-electron chi connectivity index (χ4n) is 1.30. The zero-order valence-electron chi connectivity index (χ0n) is 9.67. The Kier molecular flexibility index (Phi) is 4.59. The summed E-state index contributed by atoms with van der Waals surface area (Å²) in [5.41, 5.74) is 5.31. The van der Waals surface area contributed by atoms with Crippen LogP contribution in [-0.2, 0) is 4.79 Å². The zero-order valence-corrected chi connectivity index (χ0v) is 9.67. The molecule has 6 nitrogen and oxygen atoms in total. The van der Waals surface area contributed by atoms with Gasteiger partial charge in [0.05, 0.1) is 14.2 Å². The molecule has 3 N–H and O–H groups in total. The van der Waals surface area contributed by atoms with Gasteiger partial charge >= 0.3 is 5.97 Å². The van der Waals surface area contributed by atoms with Crippen molar-refractivity contribution in [2.45, 2.75) is 6.10 Å². The van der Waals surface area contributed by atoms with E-state index < -0.39 is 12.1 Å². The van der Waals surface area contributed by atoms with E-state index in [9.17, 15) is 4.79 Å². The summed E-state index contributed by atoms with van der Waals surface area (Å²) >= 11 is 0. The quantitative estimate of drug-likeness (QED) is 0.753. The first kappa shape index (κ1) is 13.1. The molecule has 1 aromatic rings. The summed E-state index contributed by atoms with van der Waals surface area (Å²) in [6.07, 6.45) is -1.11. The van der Waals surface area contributed by atoms with Crippen molar-refractivity contribution in [3.05, 3.63) is 18.2 Å². The Morgan fingerprint density at radius 1 is 1.35 bits per heavy atom. The number of hydrogen-bond donors (Lipinski definition) is 2. The molecule has 94 valence electrons.